The minimum absolute atomic E-state index is 0.0700. The predicted molar refractivity (Wildman–Crippen MR) is 115 cm³/mol. The number of nitrogens with zero attached hydrogens (tertiary/aromatic N) is 5. The lowest BCUT2D eigenvalue weighted by molar-refractivity contribution is -0.122. The molecule has 0 saturated carbocycles. The number of rotatable bonds is 7. The molecule has 0 bridgehead atoms. The number of piperazine rings is 1. The molecule has 0 unspecified atom stereocenters. The summed E-state index contributed by atoms with van der Waals surface area (Å²) in [4.78, 5) is 27.9. The third kappa shape index (κ3) is 5.75. The van der Waals surface area contributed by atoms with E-state index in [0.29, 0.717) is 13.1 Å². The lowest BCUT2D eigenvalue weighted by Gasteiger charge is -2.34. The molecule has 0 aliphatic carbocycles. The lowest BCUT2D eigenvalue weighted by Crippen LogP contribution is -2.49. The second-order valence-corrected chi connectivity index (χ2v) is 7.75. The third-order valence-electron chi connectivity index (χ3n) is 5.67. The van der Waals surface area contributed by atoms with Crippen LogP contribution in [0.2, 0.25) is 0 Å². The van der Waals surface area contributed by atoms with Crippen molar-refractivity contribution in [2.75, 3.05) is 63.9 Å². The molecule has 2 aliphatic heterocycles. The molecule has 2 aliphatic rings. The Labute approximate surface area is 177 Å². The molecule has 160 valence electrons. The van der Waals surface area contributed by atoms with Crippen molar-refractivity contribution in [3.63, 3.8) is 0 Å². The molecule has 1 aromatic heterocycles. The molecule has 0 radical (unpaired) electrons. The fourth-order valence-corrected chi connectivity index (χ4v) is 3.90. The van der Waals surface area contributed by atoms with Crippen molar-refractivity contribution >= 4 is 11.9 Å². The Morgan fingerprint density at radius 1 is 0.900 bits per heavy atom. The van der Waals surface area contributed by atoms with E-state index in [4.69, 9.17) is 4.74 Å². The van der Waals surface area contributed by atoms with Crippen LogP contribution in [0, 0.1) is 0 Å². The van der Waals surface area contributed by atoms with Crippen LogP contribution < -0.4 is 10.2 Å². The molecule has 1 N–H and O–H groups in total. The second kappa shape index (κ2) is 10.5. The molecule has 2 saturated heterocycles. The summed E-state index contributed by atoms with van der Waals surface area (Å²) in [5.41, 5.74) is 2.46. The number of nitrogens with one attached hydrogen (secondary N) is 1. The highest BCUT2D eigenvalue weighted by Gasteiger charge is 2.20. The highest BCUT2D eigenvalue weighted by Crippen LogP contribution is 2.13. The summed E-state index contributed by atoms with van der Waals surface area (Å²) in [6.45, 7) is 8.73. The Morgan fingerprint density at radius 3 is 2.33 bits per heavy atom. The molecule has 4 rings (SSSR count). The Bertz CT molecular complexity index is 804. The normalized spacial score (nSPS) is 18.3. The summed E-state index contributed by atoms with van der Waals surface area (Å²) in [6.07, 6.45) is 3.53. The monoisotopic (exact) mass is 410 g/mol. The minimum Gasteiger partial charge on any atom is -0.379 e. The number of amides is 1. The topological polar surface area (TPSA) is 73.8 Å². The molecule has 8 heteroatoms. The van der Waals surface area contributed by atoms with Crippen molar-refractivity contribution in [1.82, 2.24) is 25.1 Å². The summed E-state index contributed by atoms with van der Waals surface area (Å²) in [7, 11) is 0. The highest BCUT2D eigenvalue weighted by atomic mass is 16.5. The number of aromatic nitrogens is 2. The van der Waals surface area contributed by atoms with Gasteiger partial charge in [0.2, 0.25) is 11.9 Å². The van der Waals surface area contributed by atoms with Crippen LogP contribution in [0.4, 0.5) is 5.95 Å². The maximum absolute atomic E-state index is 12.5. The summed E-state index contributed by atoms with van der Waals surface area (Å²) in [5.74, 6) is 0.832. The molecular formula is C22H30N6O2. The van der Waals surface area contributed by atoms with Gasteiger partial charge in [-0.1, -0.05) is 24.3 Å². The number of anilines is 1. The van der Waals surface area contributed by atoms with Crippen LogP contribution in [0.15, 0.2) is 42.7 Å². The quantitative estimate of drug-likeness (QED) is 0.722. The fourth-order valence-electron chi connectivity index (χ4n) is 3.90. The van der Waals surface area contributed by atoms with Gasteiger partial charge in [-0.3, -0.25) is 14.6 Å². The van der Waals surface area contributed by atoms with Gasteiger partial charge in [0.15, 0.2) is 0 Å². The molecule has 30 heavy (non-hydrogen) atoms. The average Bonchev–Trinajstić information content (AvgIpc) is 2.80. The van der Waals surface area contributed by atoms with Crippen molar-refractivity contribution < 1.29 is 9.53 Å². The van der Waals surface area contributed by atoms with Gasteiger partial charge < -0.3 is 15.0 Å². The minimum atomic E-state index is 0.0700. The summed E-state index contributed by atoms with van der Waals surface area (Å²) in [5, 5.41) is 3.10. The van der Waals surface area contributed by atoms with Crippen LogP contribution in [0.1, 0.15) is 11.1 Å². The van der Waals surface area contributed by atoms with Gasteiger partial charge in [0.1, 0.15) is 0 Å². The van der Waals surface area contributed by atoms with Gasteiger partial charge in [0.25, 0.3) is 0 Å². The number of carbonyl (C=O) groups excluding carboxylic acids is 1. The van der Waals surface area contributed by atoms with Crippen molar-refractivity contribution in [1.29, 1.82) is 0 Å². The SMILES string of the molecule is O=C(CN1CCN(c2ncccn2)CC1)NCc1ccccc1CN1CCOCC1. The number of hydrogen-bond acceptors (Lipinski definition) is 7. The lowest BCUT2D eigenvalue weighted by atomic mass is 10.1. The smallest absolute Gasteiger partial charge is 0.234 e. The van der Waals surface area contributed by atoms with E-state index in [1.807, 2.05) is 12.1 Å². The molecule has 1 amide bonds. The largest absolute Gasteiger partial charge is 0.379 e. The van der Waals surface area contributed by atoms with E-state index in [1.165, 1.54) is 11.1 Å². The Kier molecular flexibility index (Phi) is 7.23. The first-order valence-corrected chi connectivity index (χ1v) is 10.7. The van der Waals surface area contributed by atoms with E-state index < -0.39 is 0 Å². The zero-order chi connectivity index (χ0) is 20.6. The zero-order valence-corrected chi connectivity index (χ0v) is 17.4. The van der Waals surface area contributed by atoms with E-state index in [-0.39, 0.29) is 5.91 Å². The van der Waals surface area contributed by atoms with Crippen molar-refractivity contribution in [2.45, 2.75) is 13.1 Å². The average molecular weight is 411 g/mol. The predicted octanol–water partition coefficient (Wildman–Crippen LogP) is 0.747. The number of hydrogen-bond donors (Lipinski definition) is 1. The van der Waals surface area contributed by atoms with E-state index in [1.54, 1.807) is 12.4 Å². The van der Waals surface area contributed by atoms with Gasteiger partial charge in [0.05, 0.1) is 19.8 Å². The van der Waals surface area contributed by atoms with E-state index in [0.717, 1.165) is 65.0 Å². The maximum atomic E-state index is 12.5. The first-order chi connectivity index (χ1) is 14.8. The standard InChI is InChI=1S/C22H30N6O2/c29-21(18-26-8-10-28(11-9-26)22-23-6-3-7-24-22)25-16-19-4-1-2-5-20(19)17-27-12-14-30-15-13-27/h1-7H,8-18H2,(H,25,29). The Balaban J connectivity index is 1.23. The van der Waals surface area contributed by atoms with E-state index >= 15 is 0 Å². The van der Waals surface area contributed by atoms with Crippen LogP contribution in [0.25, 0.3) is 0 Å². The fraction of sp³-hybridized carbons (Fsp3) is 0.500. The summed E-state index contributed by atoms with van der Waals surface area (Å²) >= 11 is 0. The van der Waals surface area contributed by atoms with Crippen LogP contribution in [0.5, 0.6) is 0 Å². The summed E-state index contributed by atoms with van der Waals surface area (Å²) < 4.78 is 5.44. The molecular weight excluding hydrogens is 380 g/mol. The molecule has 2 fully saturated rings. The molecule has 3 heterocycles. The van der Waals surface area contributed by atoms with Crippen molar-refractivity contribution in [3.8, 4) is 0 Å². The van der Waals surface area contributed by atoms with Crippen molar-refractivity contribution in [2.24, 2.45) is 0 Å². The zero-order valence-electron chi connectivity index (χ0n) is 17.4. The van der Waals surface area contributed by atoms with Crippen molar-refractivity contribution in [3.05, 3.63) is 53.9 Å². The number of benzene rings is 1. The van der Waals surface area contributed by atoms with Gasteiger partial charge in [-0.2, -0.15) is 0 Å². The first-order valence-electron chi connectivity index (χ1n) is 10.7. The van der Waals surface area contributed by atoms with Gasteiger partial charge in [0, 0.05) is 64.8 Å². The Hall–Kier alpha value is -2.55. The van der Waals surface area contributed by atoms with Gasteiger partial charge in [-0.05, 0) is 17.2 Å². The Morgan fingerprint density at radius 2 is 1.60 bits per heavy atom. The molecule has 0 atom stereocenters. The molecule has 8 nitrogen and oxygen atoms in total. The second-order valence-electron chi connectivity index (χ2n) is 7.75. The highest BCUT2D eigenvalue weighted by molar-refractivity contribution is 5.78. The van der Waals surface area contributed by atoms with Gasteiger partial charge >= 0.3 is 0 Å². The maximum Gasteiger partial charge on any atom is 0.234 e. The first kappa shape index (κ1) is 20.7. The van der Waals surface area contributed by atoms with Gasteiger partial charge in [-0.25, -0.2) is 9.97 Å². The van der Waals surface area contributed by atoms with Crippen LogP contribution in [-0.4, -0.2) is 84.7 Å². The molecule has 2 aromatic rings. The van der Waals surface area contributed by atoms with Crippen LogP contribution in [0.3, 0.4) is 0 Å². The van der Waals surface area contributed by atoms with Crippen LogP contribution in [-0.2, 0) is 22.6 Å². The third-order valence-corrected chi connectivity index (χ3v) is 5.67. The number of ether oxygens (including phenoxy) is 1. The number of morpholine rings is 1. The number of carbonyl (C=O) groups is 1. The molecule has 1 aromatic carbocycles. The summed E-state index contributed by atoms with van der Waals surface area (Å²) in [6, 6.07) is 10.2. The van der Waals surface area contributed by atoms with E-state index in [2.05, 4.69) is 48.2 Å². The van der Waals surface area contributed by atoms with Gasteiger partial charge in [-0.15, -0.1) is 0 Å². The van der Waals surface area contributed by atoms with E-state index in [9.17, 15) is 4.79 Å². The van der Waals surface area contributed by atoms with Crippen LogP contribution >= 0.6 is 0 Å². The molecule has 0 spiro atoms.